The van der Waals surface area contributed by atoms with Crippen molar-refractivity contribution in [2.24, 2.45) is 0 Å². The Morgan fingerprint density at radius 1 is 1.16 bits per heavy atom. The van der Waals surface area contributed by atoms with Crippen molar-refractivity contribution in [3.63, 3.8) is 0 Å². The Hall–Kier alpha value is -2.21. The summed E-state index contributed by atoms with van der Waals surface area (Å²) in [5.74, 6) is 1.38. The zero-order valence-electron chi connectivity index (χ0n) is 14.4. The largest absolute Gasteiger partial charge is 0.508 e. The molecule has 2 aromatic rings. The number of phenols is 1. The highest BCUT2D eigenvalue weighted by Crippen LogP contribution is 2.43. The predicted molar refractivity (Wildman–Crippen MR) is 98.3 cm³/mol. The van der Waals surface area contributed by atoms with Crippen LogP contribution in [0.1, 0.15) is 29.7 Å². The highest BCUT2D eigenvalue weighted by molar-refractivity contribution is 9.10. The average Bonchev–Trinajstić information content (AvgIpc) is 2.61. The molecule has 2 aromatic carbocycles. The van der Waals surface area contributed by atoms with Crippen LogP contribution in [0.5, 0.6) is 17.2 Å². The third-order valence-electron chi connectivity index (χ3n) is 4.56. The lowest BCUT2D eigenvalue weighted by atomic mass is 9.87. The number of benzene rings is 2. The zero-order chi connectivity index (χ0) is 18.1. The lowest BCUT2D eigenvalue weighted by Crippen LogP contribution is -2.39. The Morgan fingerprint density at radius 2 is 1.84 bits per heavy atom. The van der Waals surface area contributed by atoms with Gasteiger partial charge in [-0.15, -0.1) is 0 Å². The van der Waals surface area contributed by atoms with Crippen molar-refractivity contribution in [3.05, 3.63) is 51.5 Å². The molecule has 1 atom stereocenters. The van der Waals surface area contributed by atoms with Crippen LogP contribution in [0.3, 0.4) is 0 Å². The Labute approximate surface area is 155 Å². The summed E-state index contributed by atoms with van der Waals surface area (Å²) in [5.41, 5.74) is 2.70. The first-order valence-electron chi connectivity index (χ1n) is 7.96. The van der Waals surface area contributed by atoms with Gasteiger partial charge in [0.05, 0.1) is 20.3 Å². The first-order chi connectivity index (χ1) is 12.0. The van der Waals surface area contributed by atoms with E-state index in [0.717, 1.165) is 22.0 Å². The van der Waals surface area contributed by atoms with Crippen LogP contribution in [-0.2, 0) is 11.2 Å². The number of amides is 1. The first kappa shape index (κ1) is 17.6. The van der Waals surface area contributed by atoms with Gasteiger partial charge in [-0.2, -0.15) is 0 Å². The number of phenolic OH excluding ortho intramolecular Hbond substituents is 1. The van der Waals surface area contributed by atoms with E-state index in [1.165, 1.54) is 0 Å². The van der Waals surface area contributed by atoms with Crippen molar-refractivity contribution in [1.29, 1.82) is 0 Å². The fourth-order valence-corrected chi connectivity index (χ4v) is 3.74. The minimum atomic E-state index is -0.376. The molecular formula is C19H20BrNO4. The Balaban J connectivity index is 2.23. The lowest BCUT2D eigenvalue weighted by Gasteiger charge is -2.38. The molecule has 0 radical (unpaired) electrons. The van der Waals surface area contributed by atoms with Gasteiger partial charge in [-0.25, -0.2) is 0 Å². The van der Waals surface area contributed by atoms with Gasteiger partial charge < -0.3 is 19.5 Å². The SMILES string of the molecule is COc1cc2c(cc1OC)[C@H](c1cc(Br)ccc1O)N(C(C)=O)CC2. The zero-order valence-corrected chi connectivity index (χ0v) is 16.0. The molecule has 25 heavy (non-hydrogen) atoms. The highest BCUT2D eigenvalue weighted by atomic mass is 79.9. The van der Waals surface area contributed by atoms with Crippen LogP contribution >= 0.6 is 15.9 Å². The van der Waals surface area contributed by atoms with Gasteiger partial charge in [0.1, 0.15) is 5.75 Å². The quantitative estimate of drug-likeness (QED) is 0.845. The van der Waals surface area contributed by atoms with E-state index in [1.807, 2.05) is 18.2 Å². The number of aromatic hydroxyl groups is 1. The van der Waals surface area contributed by atoms with E-state index in [1.54, 1.807) is 38.2 Å². The molecule has 0 saturated carbocycles. The molecule has 0 fully saturated rings. The number of hydrogen-bond donors (Lipinski definition) is 1. The molecule has 1 aliphatic heterocycles. The maximum absolute atomic E-state index is 12.2. The molecule has 1 N–H and O–H groups in total. The van der Waals surface area contributed by atoms with Crippen molar-refractivity contribution in [1.82, 2.24) is 4.90 Å². The predicted octanol–water partition coefficient (Wildman–Crippen LogP) is 3.67. The van der Waals surface area contributed by atoms with Crippen molar-refractivity contribution >= 4 is 21.8 Å². The molecule has 0 bridgehead atoms. The van der Waals surface area contributed by atoms with Crippen LogP contribution < -0.4 is 9.47 Å². The van der Waals surface area contributed by atoms with Crippen LogP contribution in [-0.4, -0.2) is 36.7 Å². The van der Waals surface area contributed by atoms with Gasteiger partial charge >= 0.3 is 0 Å². The van der Waals surface area contributed by atoms with Crippen LogP contribution in [0.2, 0.25) is 0 Å². The normalized spacial score (nSPS) is 16.3. The molecule has 1 aliphatic rings. The number of rotatable bonds is 3. The van der Waals surface area contributed by atoms with Crippen molar-refractivity contribution < 1.29 is 19.4 Å². The van der Waals surface area contributed by atoms with E-state index >= 15 is 0 Å². The number of fused-ring (bicyclic) bond motifs is 1. The Bertz CT molecular complexity index is 821. The third-order valence-corrected chi connectivity index (χ3v) is 5.06. The standard InChI is InChI=1S/C19H20BrNO4/c1-11(22)21-7-6-12-8-17(24-2)18(25-3)10-14(12)19(21)15-9-13(20)4-5-16(15)23/h4-5,8-10,19,23H,6-7H2,1-3H3/t19-/m1/s1. The van der Waals surface area contributed by atoms with Crippen molar-refractivity contribution in [3.8, 4) is 17.2 Å². The van der Waals surface area contributed by atoms with Gasteiger partial charge in [-0.1, -0.05) is 15.9 Å². The fraction of sp³-hybridized carbons (Fsp3) is 0.316. The van der Waals surface area contributed by atoms with Crippen molar-refractivity contribution in [2.75, 3.05) is 20.8 Å². The van der Waals surface area contributed by atoms with Crippen LogP contribution in [0, 0.1) is 0 Å². The monoisotopic (exact) mass is 405 g/mol. The molecule has 0 unspecified atom stereocenters. The smallest absolute Gasteiger partial charge is 0.220 e. The van der Waals surface area contributed by atoms with E-state index in [-0.39, 0.29) is 17.7 Å². The number of hydrogen-bond acceptors (Lipinski definition) is 4. The molecule has 6 heteroatoms. The summed E-state index contributed by atoms with van der Waals surface area (Å²) in [6.07, 6.45) is 0.723. The summed E-state index contributed by atoms with van der Waals surface area (Å²) >= 11 is 3.45. The van der Waals surface area contributed by atoms with Gasteiger partial charge in [-0.05, 0) is 47.9 Å². The molecule has 5 nitrogen and oxygen atoms in total. The molecule has 3 rings (SSSR count). The van der Waals surface area contributed by atoms with Gasteiger partial charge in [0.2, 0.25) is 5.91 Å². The molecule has 0 saturated heterocycles. The minimum absolute atomic E-state index is 0.0372. The van der Waals surface area contributed by atoms with E-state index in [2.05, 4.69) is 15.9 Å². The lowest BCUT2D eigenvalue weighted by molar-refractivity contribution is -0.130. The number of carbonyl (C=O) groups is 1. The van der Waals surface area contributed by atoms with E-state index in [0.29, 0.717) is 23.6 Å². The Morgan fingerprint density at radius 3 is 2.48 bits per heavy atom. The molecule has 1 heterocycles. The maximum Gasteiger partial charge on any atom is 0.220 e. The second-order valence-corrected chi connectivity index (χ2v) is 6.89. The maximum atomic E-state index is 12.2. The molecule has 132 valence electrons. The highest BCUT2D eigenvalue weighted by Gasteiger charge is 2.33. The van der Waals surface area contributed by atoms with E-state index in [9.17, 15) is 9.90 Å². The first-order valence-corrected chi connectivity index (χ1v) is 8.76. The number of methoxy groups -OCH3 is 2. The molecule has 0 spiro atoms. The summed E-state index contributed by atoms with van der Waals surface area (Å²) in [6, 6.07) is 8.73. The second kappa shape index (κ2) is 6.96. The van der Waals surface area contributed by atoms with Gasteiger partial charge in [0, 0.05) is 23.5 Å². The summed E-state index contributed by atoms with van der Waals surface area (Å²) < 4.78 is 11.7. The van der Waals surface area contributed by atoms with Crippen LogP contribution in [0.4, 0.5) is 0 Å². The molecule has 1 amide bonds. The topological polar surface area (TPSA) is 59.0 Å². The number of halogens is 1. The summed E-state index contributed by atoms with van der Waals surface area (Å²) in [5, 5.41) is 10.4. The van der Waals surface area contributed by atoms with Gasteiger partial charge in [0.25, 0.3) is 0 Å². The van der Waals surface area contributed by atoms with Gasteiger partial charge in [-0.3, -0.25) is 4.79 Å². The van der Waals surface area contributed by atoms with Crippen molar-refractivity contribution in [2.45, 2.75) is 19.4 Å². The Kier molecular flexibility index (Phi) is 4.90. The van der Waals surface area contributed by atoms with Crippen LogP contribution in [0.25, 0.3) is 0 Å². The number of ether oxygens (including phenoxy) is 2. The van der Waals surface area contributed by atoms with Crippen LogP contribution in [0.15, 0.2) is 34.8 Å². The van der Waals surface area contributed by atoms with E-state index in [4.69, 9.17) is 9.47 Å². The van der Waals surface area contributed by atoms with E-state index < -0.39 is 0 Å². The average molecular weight is 406 g/mol. The fourth-order valence-electron chi connectivity index (χ4n) is 3.36. The molecular weight excluding hydrogens is 386 g/mol. The summed E-state index contributed by atoms with van der Waals surface area (Å²) in [7, 11) is 3.19. The minimum Gasteiger partial charge on any atom is -0.508 e. The molecule has 0 aromatic heterocycles. The summed E-state index contributed by atoms with van der Waals surface area (Å²) in [4.78, 5) is 14.0. The third kappa shape index (κ3) is 3.18. The summed E-state index contributed by atoms with van der Waals surface area (Å²) in [6.45, 7) is 2.13. The van der Waals surface area contributed by atoms with Gasteiger partial charge in [0.15, 0.2) is 11.5 Å². The number of carbonyl (C=O) groups excluding carboxylic acids is 1. The second-order valence-electron chi connectivity index (χ2n) is 5.97. The number of nitrogens with zero attached hydrogens (tertiary/aromatic N) is 1. The molecule has 0 aliphatic carbocycles.